The van der Waals surface area contributed by atoms with E-state index in [4.69, 9.17) is 5.11 Å². The Bertz CT molecular complexity index is 530. The molecule has 2 heterocycles. The molecule has 0 aromatic heterocycles. The quantitative estimate of drug-likeness (QED) is 0.790. The number of aliphatic carboxylic acids is 1. The second kappa shape index (κ2) is 6.04. The lowest BCUT2D eigenvalue weighted by Gasteiger charge is -2.45. The maximum absolute atomic E-state index is 12.4. The summed E-state index contributed by atoms with van der Waals surface area (Å²) in [6, 6.07) is -0.292. The van der Waals surface area contributed by atoms with Crippen molar-refractivity contribution in [3.8, 4) is 0 Å². The van der Waals surface area contributed by atoms with Crippen LogP contribution in [0.2, 0.25) is 0 Å². The summed E-state index contributed by atoms with van der Waals surface area (Å²) in [6.07, 6.45) is 1.15. The fourth-order valence-electron chi connectivity index (χ4n) is 2.52. The molecule has 21 heavy (non-hydrogen) atoms. The smallest absolute Gasteiger partial charge is 0.321 e. The van der Waals surface area contributed by atoms with Crippen LogP contribution in [-0.2, 0) is 14.6 Å². The van der Waals surface area contributed by atoms with Gasteiger partial charge >= 0.3 is 12.0 Å². The number of carbonyl (C=O) groups excluding carboxylic acids is 1. The van der Waals surface area contributed by atoms with Crippen molar-refractivity contribution in [1.82, 2.24) is 9.80 Å². The summed E-state index contributed by atoms with van der Waals surface area (Å²) in [5.41, 5.74) is 0. The summed E-state index contributed by atoms with van der Waals surface area (Å²) in [5, 5.41) is 8.17. The van der Waals surface area contributed by atoms with Crippen molar-refractivity contribution in [2.45, 2.75) is 12.3 Å². The average Bonchev–Trinajstić information content (AvgIpc) is 2.35. The summed E-state index contributed by atoms with van der Waals surface area (Å²) in [6.45, 7) is 2.81. The van der Waals surface area contributed by atoms with Crippen molar-refractivity contribution in [2.75, 3.05) is 37.4 Å². The van der Waals surface area contributed by atoms with Gasteiger partial charge in [0.25, 0.3) is 0 Å². The standard InChI is InChI=1S/C12H20N2O5S2/c1-8(11(15)16)9-5-13(6-9)12(17)14-3-4-20-7-10(14)21(2,18)19/h8-10H,3-7H2,1-2H3,(H,15,16). The Balaban J connectivity index is 1.99. The van der Waals surface area contributed by atoms with Crippen LogP contribution in [0, 0.1) is 11.8 Å². The van der Waals surface area contributed by atoms with Gasteiger partial charge in [-0.25, -0.2) is 13.2 Å². The number of hydrogen-bond donors (Lipinski definition) is 1. The maximum Gasteiger partial charge on any atom is 0.321 e. The molecule has 0 aromatic rings. The highest BCUT2D eigenvalue weighted by molar-refractivity contribution is 8.00. The fraction of sp³-hybridized carbons (Fsp3) is 0.833. The summed E-state index contributed by atoms with van der Waals surface area (Å²) in [4.78, 5) is 26.3. The van der Waals surface area contributed by atoms with Gasteiger partial charge in [-0.2, -0.15) is 11.8 Å². The average molecular weight is 336 g/mol. The van der Waals surface area contributed by atoms with E-state index in [1.54, 1.807) is 6.92 Å². The fourth-order valence-corrected chi connectivity index (χ4v) is 5.33. The van der Waals surface area contributed by atoms with Crippen LogP contribution in [0.25, 0.3) is 0 Å². The molecule has 2 rings (SSSR count). The Morgan fingerprint density at radius 1 is 1.33 bits per heavy atom. The number of carbonyl (C=O) groups is 2. The van der Waals surface area contributed by atoms with Crippen LogP contribution < -0.4 is 0 Å². The van der Waals surface area contributed by atoms with Crippen LogP contribution in [-0.4, -0.2) is 78.1 Å². The van der Waals surface area contributed by atoms with E-state index in [1.807, 2.05) is 0 Å². The molecule has 0 spiro atoms. The Morgan fingerprint density at radius 2 is 1.95 bits per heavy atom. The SMILES string of the molecule is CC(C(=O)O)C1CN(C(=O)N2CCSCC2S(C)(=O)=O)C1. The first kappa shape index (κ1) is 16.4. The zero-order valence-corrected chi connectivity index (χ0v) is 13.7. The lowest BCUT2D eigenvalue weighted by Crippen LogP contribution is -2.61. The predicted octanol–water partition coefficient (Wildman–Crippen LogP) is 0.178. The number of thioether (sulfide) groups is 1. The molecular weight excluding hydrogens is 316 g/mol. The largest absolute Gasteiger partial charge is 0.481 e. The highest BCUT2D eigenvalue weighted by Gasteiger charge is 2.42. The number of nitrogens with zero attached hydrogens (tertiary/aromatic N) is 2. The number of sulfone groups is 1. The molecule has 1 N–H and O–H groups in total. The molecule has 0 aliphatic carbocycles. The van der Waals surface area contributed by atoms with Crippen LogP contribution in [0.1, 0.15) is 6.92 Å². The van der Waals surface area contributed by atoms with Crippen molar-refractivity contribution >= 4 is 33.6 Å². The van der Waals surface area contributed by atoms with Crippen LogP contribution in [0.3, 0.4) is 0 Å². The lowest BCUT2D eigenvalue weighted by atomic mass is 9.87. The predicted molar refractivity (Wildman–Crippen MR) is 79.9 cm³/mol. The van der Waals surface area contributed by atoms with Crippen molar-refractivity contribution in [1.29, 1.82) is 0 Å². The van der Waals surface area contributed by atoms with Gasteiger partial charge in [0.1, 0.15) is 5.37 Å². The number of urea groups is 1. The Morgan fingerprint density at radius 3 is 2.48 bits per heavy atom. The molecule has 2 unspecified atom stereocenters. The van der Waals surface area contributed by atoms with Crippen molar-refractivity contribution in [2.24, 2.45) is 11.8 Å². The summed E-state index contributed by atoms with van der Waals surface area (Å²) < 4.78 is 23.6. The molecule has 0 saturated carbocycles. The summed E-state index contributed by atoms with van der Waals surface area (Å²) in [5.74, 6) is -0.289. The van der Waals surface area contributed by atoms with Crippen LogP contribution >= 0.6 is 11.8 Å². The van der Waals surface area contributed by atoms with E-state index in [-0.39, 0.29) is 11.9 Å². The van der Waals surface area contributed by atoms with Gasteiger partial charge in [-0.1, -0.05) is 6.92 Å². The summed E-state index contributed by atoms with van der Waals surface area (Å²) >= 11 is 1.53. The molecule has 2 amide bonds. The van der Waals surface area contributed by atoms with E-state index >= 15 is 0 Å². The molecule has 7 nitrogen and oxygen atoms in total. The van der Waals surface area contributed by atoms with Gasteiger partial charge in [-0.05, 0) is 0 Å². The second-order valence-electron chi connectivity index (χ2n) is 5.63. The minimum atomic E-state index is -3.32. The van der Waals surface area contributed by atoms with Gasteiger partial charge in [0, 0.05) is 43.3 Å². The van der Waals surface area contributed by atoms with E-state index in [1.165, 1.54) is 21.6 Å². The van der Waals surface area contributed by atoms with E-state index < -0.39 is 27.1 Å². The molecule has 2 aliphatic heterocycles. The molecule has 2 aliphatic rings. The van der Waals surface area contributed by atoms with E-state index in [2.05, 4.69) is 0 Å². The van der Waals surface area contributed by atoms with Gasteiger partial charge in [0.15, 0.2) is 9.84 Å². The van der Waals surface area contributed by atoms with Gasteiger partial charge in [-0.3, -0.25) is 4.79 Å². The molecule has 0 aromatic carbocycles. The third-order valence-corrected chi connectivity index (χ3v) is 6.74. The van der Waals surface area contributed by atoms with Gasteiger partial charge in [-0.15, -0.1) is 0 Å². The van der Waals surface area contributed by atoms with Gasteiger partial charge < -0.3 is 14.9 Å². The van der Waals surface area contributed by atoms with Crippen LogP contribution in [0.15, 0.2) is 0 Å². The topological polar surface area (TPSA) is 95.0 Å². The highest BCUT2D eigenvalue weighted by atomic mass is 32.2. The zero-order chi connectivity index (χ0) is 15.8. The minimum absolute atomic E-state index is 0.0534. The number of amides is 2. The Kier molecular flexibility index (Phi) is 4.72. The van der Waals surface area contributed by atoms with Crippen LogP contribution in [0.5, 0.6) is 0 Å². The van der Waals surface area contributed by atoms with Crippen molar-refractivity contribution in [3.05, 3.63) is 0 Å². The van der Waals surface area contributed by atoms with E-state index in [9.17, 15) is 18.0 Å². The van der Waals surface area contributed by atoms with Crippen molar-refractivity contribution in [3.63, 3.8) is 0 Å². The van der Waals surface area contributed by atoms with Gasteiger partial charge in [0.05, 0.1) is 5.92 Å². The summed E-state index contributed by atoms with van der Waals surface area (Å²) in [7, 11) is -3.32. The minimum Gasteiger partial charge on any atom is -0.481 e. The molecule has 0 bridgehead atoms. The molecular formula is C12H20N2O5S2. The molecule has 2 atom stereocenters. The molecule has 2 fully saturated rings. The number of carboxylic acids is 1. The zero-order valence-electron chi connectivity index (χ0n) is 12.1. The molecule has 120 valence electrons. The number of likely N-dealkylation sites (tertiary alicyclic amines) is 1. The lowest BCUT2D eigenvalue weighted by molar-refractivity contribution is -0.144. The first-order valence-corrected chi connectivity index (χ1v) is 9.87. The number of carboxylic acid groups (broad SMARTS) is 1. The highest BCUT2D eigenvalue weighted by Crippen LogP contribution is 2.28. The maximum atomic E-state index is 12.4. The number of rotatable bonds is 3. The van der Waals surface area contributed by atoms with Crippen molar-refractivity contribution < 1.29 is 23.1 Å². The first-order valence-electron chi connectivity index (χ1n) is 6.76. The molecule has 2 saturated heterocycles. The first-order chi connectivity index (χ1) is 9.71. The Hall–Kier alpha value is -0.960. The van der Waals surface area contributed by atoms with Gasteiger partial charge in [0.2, 0.25) is 0 Å². The third-order valence-electron chi connectivity index (χ3n) is 4.10. The van der Waals surface area contributed by atoms with Crippen LogP contribution in [0.4, 0.5) is 4.79 Å². The third kappa shape index (κ3) is 3.45. The van der Waals surface area contributed by atoms with E-state index in [0.29, 0.717) is 25.4 Å². The number of hydrogen-bond acceptors (Lipinski definition) is 5. The monoisotopic (exact) mass is 336 g/mol. The molecule has 0 radical (unpaired) electrons. The van der Waals surface area contributed by atoms with E-state index in [0.717, 1.165) is 12.0 Å². The Labute approximate surface area is 128 Å². The normalized spacial score (nSPS) is 25.3. The second-order valence-corrected chi connectivity index (χ2v) is 8.98. The molecule has 9 heteroatoms.